The lowest BCUT2D eigenvalue weighted by Gasteiger charge is -2.51. The average molecular weight is 238 g/mol. The summed E-state index contributed by atoms with van der Waals surface area (Å²) in [6.07, 6.45) is 5.51. The van der Waals surface area contributed by atoms with Crippen LogP contribution in [-0.4, -0.2) is 36.1 Å². The topological polar surface area (TPSA) is 15.3 Å². The second kappa shape index (κ2) is 5.71. The highest BCUT2D eigenvalue weighted by atomic mass is 15.3. The fourth-order valence-corrected chi connectivity index (χ4v) is 3.57. The molecule has 2 nitrogen and oxygen atoms in total. The molecule has 1 aliphatic heterocycles. The summed E-state index contributed by atoms with van der Waals surface area (Å²) >= 11 is 0. The van der Waals surface area contributed by atoms with Gasteiger partial charge >= 0.3 is 0 Å². The smallest absolute Gasteiger partial charge is 0.0247 e. The molecule has 2 rings (SSSR count). The summed E-state index contributed by atoms with van der Waals surface area (Å²) in [5.41, 5.74) is 0. The van der Waals surface area contributed by atoms with E-state index in [9.17, 15) is 0 Å². The average Bonchev–Trinajstić information content (AvgIpc) is 2.25. The fraction of sp³-hybridized carbons (Fsp3) is 1.00. The highest BCUT2D eigenvalue weighted by molar-refractivity contribution is 4.95. The maximum atomic E-state index is 3.75. The Labute approximate surface area is 107 Å². The zero-order chi connectivity index (χ0) is 12.4. The van der Waals surface area contributed by atoms with Crippen LogP contribution < -0.4 is 5.32 Å². The maximum absolute atomic E-state index is 3.75. The van der Waals surface area contributed by atoms with Crippen LogP contribution in [0.1, 0.15) is 53.4 Å². The van der Waals surface area contributed by atoms with Crippen LogP contribution in [0.3, 0.4) is 0 Å². The van der Waals surface area contributed by atoms with Gasteiger partial charge in [-0.05, 0) is 31.1 Å². The van der Waals surface area contributed by atoms with Crippen molar-refractivity contribution in [3.8, 4) is 0 Å². The van der Waals surface area contributed by atoms with E-state index in [2.05, 4.69) is 37.9 Å². The Morgan fingerprint density at radius 3 is 2.53 bits per heavy atom. The quantitative estimate of drug-likeness (QED) is 0.810. The van der Waals surface area contributed by atoms with E-state index in [0.29, 0.717) is 0 Å². The molecule has 0 bridgehead atoms. The SMILES string of the molecule is CCCC1CN(C2CC(C)C2)C(C(C)C)CN1. The Morgan fingerprint density at radius 1 is 1.29 bits per heavy atom. The lowest BCUT2D eigenvalue weighted by atomic mass is 9.78. The molecule has 100 valence electrons. The molecule has 0 aromatic heterocycles. The number of nitrogens with zero attached hydrogens (tertiary/aromatic N) is 1. The molecule has 0 aromatic rings. The lowest BCUT2D eigenvalue weighted by molar-refractivity contribution is 0.0000397. The minimum absolute atomic E-state index is 0.742. The Morgan fingerprint density at radius 2 is 2.00 bits per heavy atom. The highest BCUT2D eigenvalue weighted by Crippen LogP contribution is 2.34. The third kappa shape index (κ3) is 3.03. The molecule has 2 heteroatoms. The summed E-state index contributed by atoms with van der Waals surface area (Å²) < 4.78 is 0. The molecule has 1 heterocycles. The summed E-state index contributed by atoms with van der Waals surface area (Å²) in [5, 5.41) is 3.75. The predicted octanol–water partition coefficient (Wildman–Crippen LogP) is 2.88. The van der Waals surface area contributed by atoms with Gasteiger partial charge in [0.25, 0.3) is 0 Å². The van der Waals surface area contributed by atoms with Gasteiger partial charge in [-0.3, -0.25) is 4.90 Å². The standard InChI is InChI=1S/C15H30N2/c1-5-6-13-10-17(14-7-12(4)8-14)15(9-16-13)11(2)3/h11-16H,5-10H2,1-4H3. The first kappa shape index (κ1) is 13.4. The molecule has 1 saturated carbocycles. The first-order chi connectivity index (χ1) is 8.11. The molecule has 1 N–H and O–H groups in total. The van der Waals surface area contributed by atoms with Crippen LogP contribution in [0, 0.1) is 11.8 Å². The second-order valence-corrected chi connectivity index (χ2v) is 6.63. The van der Waals surface area contributed by atoms with Gasteiger partial charge in [0.15, 0.2) is 0 Å². The van der Waals surface area contributed by atoms with Crippen molar-refractivity contribution >= 4 is 0 Å². The van der Waals surface area contributed by atoms with E-state index in [0.717, 1.165) is 30.0 Å². The molecule has 2 unspecified atom stereocenters. The van der Waals surface area contributed by atoms with Crippen molar-refractivity contribution in [1.29, 1.82) is 0 Å². The minimum Gasteiger partial charge on any atom is -0.311 e. The summed E-state index contributed by atoms with van der Waals surface area (Å²) in [7, 11) is 0. The van der Waals surface area contributed by atoms with Gasteiger partial charge in [-0.15, -0.1) is 0 Å². The van der Waals surface area contributed by atoms with Gasteiger partial charge in [-0.1, -0.05) is 34.1 Å². The van der Waals surface area contributed by atoms with Crippen LogP contribution in [-0.2, 0) is 0 Å². The molecule has 0 aromatic carbocycles. The van der Waals surface area contributed by atoms with Gasteiger partial charge < -0.3 is 5.32 Å². The normalized spacial score (nSPS) is 39.4. The molecule has 2 aliphatic rings. The van der Waals surface area contributed by atoms with E-state index in [1.807, 2.05) is 0 Å². The predicted molar refractivity (Wildman–Crippen MR) is 74.2 cm³/mol. The monoisotopic (exact) mass is 238 g/mol. The van der Waals surface area contributed by atoms with Gasteiger partial charge in [-0.25, -0.2) is 0 Å². The number of rotatable bonds is 4. The van der Waals surface area contributed by atoms with E-state index in [4.69, 9.17) is 0 Å². The van der Waals surface area contributed by atoms with E-state index in [1.165, 1.54) is 38.8 Å². The van der Waals surface area contributed by atoms with Crippen LogP contribution in [0.25, 0.3) is 0 Å². The number of nitrogens with one attached hydrogen (secondary N) is 1. The molecular formula is C15H30N2. The van der Waals surface area contributed by atoms with Crippen molar-refractivity contribution in [2.45, 2.75) is 71.5 Å². The molecule has 1 saturated heterocycles. The van der Waals surface area contributed by atoms with Crippen molar-refractivity contribution in [2.24, 2.45) is 11.8 Å². The number of hydrogen-bond donors (Lipinski definition) is 1. The Hall–Kier alpha value is -0.0800. The van der Waals surface area contributed by atoms with Crippen molar-refractivity contribution in [1.82, 2.24) is 10.2 Å². The van der Waals surface area contributed by atoms with Crippen LogP contribution in [0.15, 0.2) is 0 Å². The Kier molecular flexibility index (Phi) is 4.48. The molecule has 1 aliphatic carbocycles. The highest BCUT2D eigenvalue weighted by Gasteiger charge is 2.38. The summed E-state index contributed by atoms with van der Waals surface area (Å²) in [4.78, 5) is 2.83. The zero-order valence-electron chi connectivity index (χ0n) is 12.1. The molecule has 0 spiro atoms. The van der Waals surface area contributed by atoms with Crippen molar-refractivity contribution in [3.05, 3.63) is 0 Å². The van der Waals surface area contributed by atoms with E-state index in [-0.39, 0.29) is 0 Å². The van der Waals surface area contributed by atoms with Gasteiger partial charge in [0.05, 0.1) is 0 Å². The molecule has 0 amide bonds. The molecular weight excluding hydrogens is 208 g/mol. The summed E-state index contributed by atoms with van der Waals surface area (Å²) in [5.74, 6) is 1.74. The zero-order valence-corrected chi connectivity index (χ0v) is 12.1. The van der Waals surface area contributed by atoms with Gasteiger partial charge in [-0.2, -0.15) is 0 Å². The van der Waals surface area contributed by atoms with Crippen LogP contribution in [0.4, 0.5) is 0 Å². The van der Waals surface area contributed by atoms with Crippen LogP contribution in [0.5, 0.6) is 0 Å². The second-order valence-electron chi connectivity index (χ2n) is 6.63. The molecule has 17 heavy (non-hydrogen) atoms. The maximum Gasteiger partial charge on any atom is 0.0247 e. The molecule has 2 atom stereocenters. The Bertz CT molecular complexity index is 233. The van der Waals surface area contributed by atoms with Gasteiger partial charge in [0, 0.05) is 31.2 Å². The molecule has 2 fully saturated rings. The van der Waals surface area contributed by atoms with Crippen molar-refractivity contribution < 1.29 is 0 Å². The third-order valence-electron chi connectivity index (χ3n) is 4.70. The number of piperazine rings is 1. The van der Waals surface area contributed by atoms with Gasteiger partial charge in [0.1, 0.15) is 0 Å². The largest absolute Gasteiger partial charge is 0.311 e. The minimum atomic E-state index is 0.742. The lowest BCUT2D eigenvalue weighted by Crippen LogP contribution is -2.63. The summed E-state index contributed by atoms with van der Waals surface area (Å²) in [6.45, 7) is 11.9. The fourth-order valence-electron chi connectivity index (χ4n) is 3.57. The first-order valence-corrected chi connectivity index (χ1v) is 7.61. The van der Waals surface area contributed by atoms with Gasteiger partial charge in [0.2, 0.25) is 0 Å². The Balaban J connectivity index is 1.95. The first-order valence-electron chi connectivity index (χ1n) is 7.61. The van der Waals surface area contributed by atoms with Crippen molar-refractivity contribution in [2.75, 3.05) is 13.1 Å². The summed E-state index contributed by atoms with van der Waals surface area (Å²) in [6, 6.07) is 2.39. The van der Waals surface area contributed by atoms with E-state index >= 15 is 0 Å². The van der Waals surface area contributed by atoms with E-state index in [1.54, 1.807) is 0 Å². The van der Waals surface area contributed by atoms with Crippen LogP contribution >= 0.6 is 0 Å². The number of hydrogen-bond acceptors (Lipinski definition) is 2. The molecule has 0 radical (unpaired) electrons. The van der Waals surface area contributed by atoms with Crippen molar-refractivity contribution in [3.63, 3.8) is 0 Å². The third-order valence-corrected chi connectivity index (χ3v) is 4.70. The van der Waals surface area contributed by atoms with E-state index < -0.39 is 0 Å². The van der Waals surface area contributed by atoms with Crippen LogP contribution in [0.2, 0.25) is 0 Å².